The van der Waals surface area contributed by atoms with E-state index in [-0.39, 0.29) is 5.91 Å². The number of amides is 1. The number of rotatable bonds is 7. The lowest BCUT2D eigenvalue weighted by atomic mass is 10.1. The van der Waals surface area contributed by atoms with Crippen molar-refractivity contribution in [3.05, 3.63) is 28.2 Å². The molecule has 0 fully saturated rings. The number of carbonyl (C=O) groups is 1. The minimum atomic E-state index is -0.124. The van der Waals surface area contributed by atoms with Gasteiger partial charge >= 0.3 is 0 Å². The molecule has 116 valence electrons. The van der Waals surface area contributed by atoms with Crippen LogP contribution in [0.5, 0.6) is 5.75 Å². The number of ether oxygens (including phenoxy) is 1. The summed E-state index contributed by atoms with van der Waals surface area (Å²) in [7, 11) is 0. The molecular formula is C15H20Cl2N2O2. The number of carbonyl (C=O) groups excluding carboxylic acids is 1. The molecule has 0 saturated heterocycles. The van der Waals surface area contributed by atoms with Crippen molar-refractivity contribution in [2.24, 2.45) is 11.0 Å². The maximum absolute atomic E-state index is 11.6. The molecule has 0 heterocycles. The smallest absolute Gasteiger partial charge is 0.240 e. The largest absolute Gasteiger partial charge is 0.492 e. The average molecular weight is 331 g/mol. The Kier molecular flexibility index (Phi) is 7.54. The third-order valence-corrected chi connectivity index (χ3v) is 3.42. The van der Waals surface area contributed by atoms with Crippen LogP contribution in [-0.4, -0.2) is 18.2 Å². The molecule has 1 aromatic rings. The summed E-state index contributed by atoms with van der Waals surface area (Å²) in [6.07, 6.45) is 0.932. The first-order chi connectivity index (χ1) is 9.90. The third-order valence-electron chi connectivity index (χ3n) is 2.89. The Bertz CT molecular complexity index is 516. The maximum atomic E-state index is 11.6. The van der Waals surface area contributed by atoms with Crippen molar-refractivity contribution >= 4 is 34.8 Å². The summed E-state index contributed by atoms with van der Waals surface area (Å²) in [4.78, 5) is 11.6. The van der Waals surface area contributed by atoms with Crippen LogP contribution < -0.4 is 10.2 Å². The molecule has 0 aliphatic carbocycles. The van der Waals surface area contributed by atoms with Gasteiger partial charge in [0.15, 0.2) is 0 Å². The van der Waals surface area contributed by atoms with Crippen LogP contribution >= 0.6 is 23.2 Å². The summed E-state index contributed by atoms with van der Waals surface area (Å²) < 4.78 is 5.50. The lowest BCUT2D eigenvalue weighted by Gasteiger charge is -2.08. The first-order valence-corrected chi connectivity index (χ1v) is 7.56. The summed E-state index contributed by atoms with van der Waals surface area (Å²) in [5.41, 5.74) is 3.43. The standard InChI is InChI=1S/C15H20Cl2N2O2/c1-10(2)11(3)18-19-15(20)5-4-8-21-14-7-6-12(16)9-13(14)17/h6-7,9-10H,4-5,8H2,1-3H3,(H,19,20)/b18-11+. The molecule has 0 radical (unpaired) electrons. The summed E-state index contributed by atoms with van der Waals surface area (Å²) in [6.45, 7) is 6.33. The van der Waals surface area contributed by atoms with Crippen molar-refractivity contribution in [2.45, 2.75) is 33.6 Å². The van der Waals surface area contributed by atoms with Crippen molar-refractivity contribution in [1.29, 1.82) is 0 Å². The van der Waals surface area contributed by atoms with Crippen LogP contribution in [0.15, 0.2) is 23.3 Å². The normalized spacial score (nSPS) is 11.6. The minimum Gasteiger partial charge on any atom is -0.492 e. The van der Waals surface area contributed by atoms with Gasteiger partial charge in [-0.05, 0) is 37.5 Å². The van der Waals surface area contributed by atoms with E-state index >= 15 is 0 Å². The van der Waals surface area contributed by atoms with Crippen molar-refractivity contribution in [3.63, 3.8) is 0 Å². The van der Waals surface area contributed by atoms with Gasteiger partial charge in [-0.15, -0.1) is 0 Å². The molecule has 21 heavy (non-hydrogen) atoms. The van der Waals surface area contributed by atoms with Gasteiger partial charge in [0, 0.05) is 17.2 Å². The van der Waals surface area contributed by atoms with Crippen LogP contribution in [0.25, 0.3) is 0 Å². The highest BCUT2D eigenvalue weighted by Crippen LogP contribution is 2.27. The summed E-state index contributed by atoms with van der Waals surface area (Å²) >= 11 is 11.8. The van der Waals surface area contributed by atoms with Crippen molar-refractivity contribution in [2.75, 3.05) is 6.61 Å². The van der Waals surface area contributed by atoms with E-state index in [2.05, 4.69) is 10.5 Å². The molecule has 0 unspecified atom stereocenters. The number of hydrogen-bond acceptors (Lipinski definition) is 3. The zero-order valence-electron chi connectivity index (χ0n) is 12.5. The average Bonchev–Trinajstić information content (AvgIpc) is 2.42. The van der Waals surface area contributed by atoms with Gasteiger partial charge in [-0.25, -0.2) is 5.43 Å². The van der Waals surface area contributed by atoms with Gasteiger partial charge in [0.2, 0.25) is 5.91 Å². The van der Waals surface area contributed by atoms with Gasteiger partial charge in [-0.1, -0.05) is 37.0 Å². The molecule has 6 heteroatoms. The van der Waals surface area contributed by atoms with E-state index in [1.165, 1.54) is 0 Å². The van der Waals surface area contributed by atoms with Gasteiger partial charge in [0.1, 0.15) is 5.75 Å². The number of halogens is 2. The number of nitrogens with zero attached hydrogens (tertiary/aromatic N) is 1. The van der Waals surface area contributed by atoms with Gasteiger partial charge < -0.3 is 4.74 Å². The first kappa shape index (κ1) is 17.8. The predicted octanol–water partition coefficient (Wildman–Crippen LogP) is 4.30. The highest BCUT2D eigenvalue weighted by atomic mass is 35.5. The molecule has 0 bridgehead atoms. The second-order valence-electron chi connectivity index (χ2n) is 4.97. The highest BCUT2D eigenvalue weighted by molar-refractivity contribution is 6.35. The van der Waals surface area contributed by atoms with E-state index < -0.39 is 0 Å². The molecule has 4 nitrogen and oxygen atoms in total. The Labute approximate surface area is 135 Å². The second-order valence-corrected chi connectivity index (χ2v) is 5.81. The van der Waals surface area contributed by atoms with Crippen molar-refractivity contribution in [3.8, 4) is 5.75 Å². The Morgan fingerprint density at radius 1 is 1.38 bits per heavy atom. The highest BCUT2D eigenvalue weighted by Gasteiger charge is 2.04. The number of nitrogens with one attached hydrogen (secondary N) is 1. The quantitative estimate of drug-likeness (QED) is 0.460. The Morgan fingerprint density at radius 2 is 2.10 bits per heavy atom. The molecule has 1 N–H and O–H groups in total. The lowest BCUT2D eigenvalue weighted by Crippen LogP contribution is -2.20. The number of hydrazone groups is 1. The molecule has 0 aromatic heterocycles. The van der Waals surface area contributed by atoms with E-state index in [4.69, 9.17) is 27.9 Å². The Hall–Kier alpha value is -1.26. The van der Waals surface area contributed by atoms with Crippen LogP contribution in [-0.2, 0) is 4.79 Å². The Balaban J connectivity index is 2.28. The van der Waals surface area contributed by atoms with Gasteiger partial charge in [0.25, 0.3) is 0 Å². The summed E-state index contributed by atoms with van der Waals surface area (Å²) in [5.74, 6) is 0.761. The molecule has 0 aliphatic rings. The fraction of sp³-hybridized carbons (Fsp3) is 0.467. The van der Waals surface area contributed by atoms with Crippen molar-refractivity contribution < 1.29 is 9.53 Å². The molecule has 1 aromatic carbocycles. The molecule has 1 amide bonds. The second kappa shape index (κ2) is 8.90. The maximum Gasteiger partial charge on any atom is 0.240 e. The minimum absolute atomic E-state index is 0.124. The van der Waals surface area contributed by atoms with Gasteiger partial charge in [0.05, 0.1) is 11.6 Å². The fourth-order valence-electron chi connectivity index (χ4n) is 1.34. The van der Waals surface area contributed by atoms with Crippen LogP contribution in [0.3, 0.4) is 0 Å². The van der Waals surface area contributed by atoms with Gasteiger partial charge in [-0.3, -0.25) is 4.79 Å². The van der Waals surface area contributed by atoms with E-state index in [1.54, 1.807) is 18.2 Å². The zero-order chi connectivity index (χ0) is 15.8. The summed E-state index contributed by atoms with van der Waals surface area (Å²) in [5, 5.41) is 5.05. The monoisotopic (exact) mass is 330 g/mol. The third kappa shape index (κ3) is 6.82. The SMILES string of the molecule is C/C(=N\NC(=O)CCCOc1ccc(Cl)cc1Cl)C(C)C. The fourth-order valence-corrected chi connectivity index (χ4v) is 1.81. The van der Waals surface area contributed by atoms with E-state index in [0.717, 1.165) is 5.71 Å². The van der Waals surface area contributed by atoms with E-state index in [1.807, 2.05) is 20.8 Å². The van der Waals surface area contributed by atoms with E-state index in [0.29, 0.717) is 41.2 Å². The van der Waals surface area contributed by atoms with Crippen LogP contribution in [0, 0.1) is 5.92 Å². The Morgan fingerprint density at radius 3 is 2.71 bits per heavy atom. The van der Waals surface area contributed by atoms with Crippen molar-refractivity contribution in [1.82, 2.24) is 5.43 Å². The molecule has 0 saturated carbocycles. The molecular weight excluding hydrogens is 311 g/mol. The zero-order valence-corrected chi connectivity index (χ0v) is 14.0. The van der Waals surface area contributed by atoms with E-state index in [9.17, 15) is 4.79 Å². The summed E-state index contributed by atoms with van der Waals surface area (Å²) in [6, 6.07) is 5.04. The van der Waals surface area contributed by atoms with Crippen LogP contribution in [0.1, 0.15) is 33.6 Å². The molecule has 0 atom stereocenters. The molecule has 0 aliphatic heterocycles. The topological polar surface area (TPSA) is 50.7 Å². The first-order valence-electron chi connectivity index (χ1n) is 6.81. The predicted molar refractivity (Wildman–Crippen MR) is 87.3 cm³/mol. The number of hydrogen-bond donors (Lipinski definition) is 1. The van der Waals surface area contributed by atoms with Gasteiger partial charge in [-0.2, -0.15) is 5.10 Å². The lowest BCUT2D eigenvalue weighted by molar-refractivity contribution is -0.121. The number of benzene rings is 1. The molecule has 1 rings (SSSR count). The van der Waals surface area contributed by atoms with Crippen LogP contribution in [0.2, 0.25) is 10.0 Å². The van der Waals surface area contributed by atoms with Crippen LogP contribution in [0.4, 0.5) is 0 Å². The molecule has 0 spiro atoms.